The van der Waals surface area contributed by atoms with Crippen molar-refractivity contribution in [3.63, 3.8) is 0 Å². The maximum absolute atomic E-state index is 11.2. The minimum atomic E-state index is -0.951. The molecular weight excluding hydrogens is 196 g/mol. The van der Waals surface area contributed by atoms with Crippen LogP contribution in [0.4, 0.5) is 0 Å². The Morgan fingerprint density at radius 1 is 1.40 bits per heavy atom. The fourth-order valence-electron chi connectivity index (χ4n) is 1.59. The largest absolute Gasteiger partial charge is 0.478 e. The van der Waals surface area contributed by atoms with Crippen molar-refractivity contribution in [3.05, 3.63) is 11.1 Å². The Bertz CT molecular complexity index is 304. The molecule has 1 aliphatic rings. The molecule has 0 aromatic carbocycles. The summed E-state index contributed by atoms with van der Waals surface area (Å²) in [4.78, 5) is 22.0. The summed E-state index contributed by atoms with van der Waals surface area (Å²) >= 11 is 0. The van der Waals surface area contributed by atoms with Crippen LogP contribution < -0.4 is 0 Å². The molecule has 84 valence electrons. The summed E-state index contributed by atoms with van der Waals surface area (Å²) in [5.41, 5.74) is 0.924. The molecule has 0 aromatic rings. The summed E-state index contributed by atoms with van der Waals surface area (Å²) in [7, 11) is 0. The van der Waals surface area contributed by atoms with E-state index in [1.165, 1.54) is 6.92 Å². The van der Waals surface area contributed by atoms with Gasteiger partial charge >= 0.3 is 11.9 Å². The van der Waals surface area contributed by atoms with E-state index in [1.807, 2.05) is 0 Å². The van der Waals surface area contributed by atoms with Gasteiger partial charge in [-0.25, -0.2) is 4.79 Å². The van der Waals surface area contributed by atoms with Crippen molar-refractivity contribution < 1.29 is 19.4 Å². The molecule has 1 rings (SSSR count). The highest BCUT2D eigenvalue weighted by Crippen LogP contribution is 2.22. The summed E-state index contributed by atoms with van der Waals surface area (Å²) in [6, 6.07) is 0. The first-order valence-electron chi connectivity index (χ1n) is 5.12. The van der Waals surface area contributed by atoms with E-state index >= 15 is 0 Å². The topological polar surface area (TPSA) is 63.6 Å². The molecule has 1 unspecified atom stereocenters. The number of carboxylic acids is 1. The van der Waals surface area contributed by atoms with Crippen molar-refractivity contribution in [2.75, 3.05) is 0 Å². The third-order valence-corrected chi connectivity index (χ3v) is 2.77. The van der Waals surface area contributed by atoms with E-state index in [2.05, 4.69) is 0 Å². The van der Waals surface area contributed by atoms with Gasteiger partial charge in [0.2, 0.25) is 0 Å². The van der Waals surface area contributed by atoms with Gasteiger partial charge in [-0.15, -0.1) is 0 Å². The molecule has 0 aliphatic carbocycles. The molecule has 0 bridgehead atoms. The van der Waals surface area contributed by atoms with Gasteiger partial charge in [0.25, 0.3) is 0 Å². The average Bonchev–Trinajstić information content (AvgIpc) is 2.40. The van der Waals surface area contributed by atoms with Crippen molar-refractivity contribution in [2.24, 2.45) is 0 Å². The molecular formula is C11H16O4. The smallest absolute Gasteiger partial charge is 0.331 e. The minimum Gasteiger partial charge on any atom is -0.478 e. The van der Waals surface area contributed by atoms with Gasteiger partial charge in [0.05, 0.1) is 0 Å². The summed E-state index contributed by atoms with van der Waals surface area (Å²) in [5.74, 6) is -1.18. The molecule has 4 heteroatoms. The number of hydrogen-bond donors (Lipinski definition) is 1. The summed E-state index contributed by atoms with van der Waals surface area (Å²) in [6.45, 7) is 3.25. The molecule has 1 heterocycles. The van der Waals surface area contributed by atoms with E-state index in [4.69, 9.17) is 9.84 Å². The molecule has 1 saturated heterocycles. The number of ether oxygens (including phenoxy) is 1. The zero-order chi connectivity index (χ0) is 11.4. The molecule has 0 amide bonds. The van der Waals surface area contributed by atoms with Gasteiger partial charge in [0, 0.05) is 12.0 Å². The molecule has 1 atom stereocenters. The fourth-order valence-corrected chi connectivity index (χ4v) is 1.59. The zero-order valence-electron chi connectivity index (χ0n) is 9.08. The maximum Gasteiger partial charge on any atom is 0.331 e. The molecule has 0 aromatic heterocycles. The standard InChI is InChI=1S/C11H16O4/c1-7(8(2)11(13)14)9-5-3-4-6-10(12)15-9/h9H,3-6H2,1-2H3,(H,13,14). The molecule has 1 fully saturated rings. The van der Waals surface area contributed by atoms with Crippen molar-refractivity contribution >= 4 is 11.9 Å². The van der Waals surface area contributed by atoms with Gasteiger partial charge in [0.1, 0.15) is 6.10 Å². The van der Waals surface area contributed by atoms with Gasteiger partial charge in [-0.2, -0.15) is 0 Å². The quantitative estimate of drug-likeness (QED) is 0.560. The van der Waals surface area contributed by atoms with Gasteiger partial charge in [-0.05, 0) is 38.7 Å². The van der Waals surface area contributed by atoms with Crippen LogP contribution in [-0.2, 0) is 14.3 Å². The van der Waals surface area contributed by atoms with Gasteiger partial charge < -0.3 is 9.84 Å². The van der Waals surface area contributed by atoms with Crippen molar-refractivity contribution in [3.8, 4) is 0 Å². The predicted molar refractivity (Wildman–Crippen MR) is 54.4 cm³/mol. The monoisotopic (exact) mass is 212 g/mol. The molecule has 0 saturated carbocycles. The van der Waals surface area contributed by atoms with Gasteiger partial charge in [-0.1, -0.05) is 0 Å². The minimum absolute atomic E-state index is 0.227. The highest BCUT2D eigenvalue weighted by atomic mass is 16.5. The number of cyclic esters (lactones) is 1. The molecule has 0 radical (unpaired) electrons. The lowest BCUT2D eigenvalue weighted by atomic mass is 10.0. The van der Waals surface area contributed by atoms with Crippen LogP contribution >= 0.6 is 0 Å². The number of rotatable bonds is 2. The second kappa shape index (κ2) is 4.96. The van der Waals surface area contributed by atoms with E-state index in [-0.39, 0.29) is 17.6 Å². The molecule has 1 aliphatic heterocycles. The lowest BCUT2D eigenvalue weighted by Crippen LogP contribution is -2.19. The maximum atomic E-state index is 11.2. The van der Waals surface area contributed by atoms with E-state index in [0.29, 0.717) is 12.0 Å². The second-order valence-corrected chi connectivity index (χ2v) is 3.84. The van der Waals surface area contributed by atoms with Crippen LogP contribution in [-0.4, -0.2) is 23.1 Å². The van der Waals surface area contributed by atoms with Crippen LogP contribution in [0, 0.1) is 0 Å². The number of carbonyl (C=O) groups is 2. The Morgan fingerprint density at radius 3 is 2.67 bits per heavy atom. The molecule has 0 spiro atoms. The van der Waals surface area contributed by atoms with Crippen LogP contribution in [0.25, 0.3) is 0 Å². The Morgan fingerprint density at radius 2 is 2.07 bits per heavy atom. The zero-order valence-corrected chi connectivity index (χ0v) is 9.08. The van der Waals surface area contributed by atoms with Crippen LogP contribution in [0.3, 0.4) is 0 Å². The molecule has 4 nitrogen and oxygen atoms in total. The van der Waals surface area contributed by atoms with Crippen molar-refractivity contribution in [1.82, 2.24) is 0 Å². The summed E-state index contributed by atoms with van der Waals surface area (Å²) in [6.07, 6.45) is 2.55. The first kappa shape index (κ1) is 11.8. The molecule has 1 N–H and O–H groups in total. The van der Waals surface area contributed by atoms with Crippen LogP contribution in [0.1, 0.15) is 39.5 Å². The van der Waals surface area contributed by atoms with Gasteiger partial charge in [-0.3, -0.25) is 4.79 Å². The number of hydrogen-bond acceptors (Lipinski definition) is 3. The highest BCUT2D eigenvalue weighted by Gasteiger charge is 2.22. The van der Waals surface area contributed by atoms with Crippen LogP contribution in [0.2, 0.25) is 0 Å². The predicted octanol–water partition coefficient (Wildman–Crippen LogP) is 1.89. The van der Waals surface area contributed by atoms with Crippen LogP contribution in [0.15, 0.2) is 11.1 Å². The van der Waals surface area contributed by atoms with E-state index in [0.717, 1.165) is 19.3 Å². The van der Waals surface area contributed by atoms with Crippen molar-refractivity contribution in [1.29, 1.82) is 0 Å². The van der Waals surface area contributed by atoms with E-state index in [1.54, 1.807) is 6.92 Å². The number of esters is 1. The number of carboxylic acid groups (broad SMARTS) is 1. The second-order valence-electron chi connectivity index (χ2n) is 3.84. The number of carbonyl (C=O) groups excluding carboxylic acids is 1. The normalized spacial score (nSPS) is 23.9. The Hall–Kier alpha value is -1.32. The first-order chi connectivity index (χ1) is 7.02. The van der Waals surface area contributed by atoms with Gasteiger partial charge in [0.15, 0.2) is 0 Å². The Balaban J connectivity index is 2.81. The third-order valence-electron chi connectivity index (χ3n) is 2.77. The lowest BCUT2D eigenvalue weighted by molar-refractivity contribution is -0.146. The Labute approximate surface area is 88.9 Å². The van der Waals surface area contributed by atoms with E-state index in [9.17, 15) is 9.59 Å². The third kappa shape index (κ3) is 3.08. The van der Waals surface area contributed by atoms with Crippen LogP contribution in [0.5, 0.6) is 0 Å². The lowest BCUT2D eigenvalue weighted by Gasteiger charge is -2.16. The van der Waals surface area contributed by atoms with E-state index < -0.39 is 5.97 Å². The average molecular weight is 212 g/mol. The first-order valence-corrected chi connectivity index (χ1v) is 5.12. The number of aliphatic carboxylic acids is 1. The Kier molecular flexibility index (Phi) is 3.88. The summed E-state index contributed by atoms with van der Waals surface area (Å²) in [5, 5.41) is 8.82. The molecule has 15 heavy (non-hydrogen) atoms. The summed E-state index contributed by atoms with van der Waals surface area (Å²) < 4.78 is 5.18. The fraction of sp³-hybridized carbons (Fsp3) is 0.636. The highest BCUT2D eigenvalue weighted by molar-refractivity contribution is 5.87. The van der Waals surface area contributed by atoms with Crippen molar-refractivity contribution in [2.45, 2.75) is 45.6 Å². The SMILES string of the molecule is CC(C(=O)O)=C(C)C1CCCCC(=O)O1.